The molecule has 0 saturated carbocycles. The van der Waals surface area contributed by atoms with E-state index in [2.05, 4.69) is 55.7 Å². The number of rotatable bonds is 5. The Balaban J connectivity index is 1.78. The van der Waals surface area contributed by atoms with Gasteiger partial charge >= 0.3 is 0 Å². The van der Waals surface area contributed by atoms with E-state index in [9.17, 15) is 0 Å². The summed E-state index contributed by atoms with van der Waals surface area (Å²) in [7, 11) is 0. The SMILES string of the molecule is Cc1ccc(OCCn2c(C(C)C)nc3ccccc32)cc1. The van der Waals surface area contributed by atoms with Crippen LogP contribution in [0.2, 0.25) is 0 Å². The van der Waals surface area contributed by atoms with E-state index in [0.717, 1.165) is 23.6 Å². The zero-order valence-corrected chi connectivity index (χ0v) is 13.4. The van der Waals surface area contributed by atoms with Crippen LogP contribution in [0.25, 0.3) is 11.0 Å². The van der Waals surface area contributed by atoms with E-state index in [1.807, 2.05) is 18.2 Å². The molecule has 3 heteroatoms. The normalized spacial score (nSPS) is 11.3. The maximum absolute atomic E-state index is 5.87. The number of fused-ring (bicyclic) bond motifs is 1. The lowest BCUT2D eigenvalue weighted by Gasteiger charge is -2.12. The van der Waals surface area contributed by atoms with Gasteiger partial charge in [0, 0.05) is 5.92 Å². The summed E-state index contributed by atoms with van der Waals surface area (Å²) in [5.74, 6) is 2.43. The molecule has 0 fully saturated rings. The average molecular weight is 294 g/mol. The molecule has 3 aromatic rings. The molecule has 22 heavy (non-hydrogen) atoms. The molecule has 0 amide bonds. The second kappa shape index (κ2) is 6.22. The Labute approximate surface area is 131 Å². The van der Waals surface area contributed by atoms with Crippen LogP contribution in [0, 0.1) is 6.92 Å². The fraction of sp³-hybridized carbons (Fsp3) is 0.316. The molecular formula is C19H22N2O. The van der Waals surface area contributed by atoms with Crippen LogP contribution in [0.1, 0.15) is 31.2 Å². The van der Waals surface area contributed by atoms with Crippen molar-refractivity contribution < 1.29 is 4.74 Å². The monoisotopic (exact) mass is 294 g/mol. The molecule has 0 N–H and O–H groups in total. The molecule has 1 heterocycles. The molecule has 0 saturated heterocycles. The van der Waals surface area contributed by atoms with Crippen LogP contribution in [0.15, 0.2) is 48.5 Å². The molecule has 0 aliphatic heterocycles. The molecule has 0 atom stereocenters. The Hall–Kier alpha value is -2.29. The van der Waals surface area contributed by atoms with Gasteiger partial charge in [0.05, 0.1) is 17.6 Å². The topological polar surface area (TPSA) is 27.1 Å². The van der Waals surface area contributed by atoms with E-state index >= 15 is 0 Å². The van der Waals surface area contributed by atoms with Crippen LogP contribution in [0.5, 0.6) is 5.75 Å². The molecule has 0 spiro atoms. The number of ether oxygens (including phenoxy) is 1. The Morgan fingerprint density at radius 3 is 2.50 bits per heavy atom. The zero-order valence-electron chi connectivity index (χ0n) is 13.4. The quantitative estimate of drug-likeness (QED) is 0.690. The lowest BCUT2D eigenvalue weighted by atomic mass is 10.2. The highest BCUT2D eigenvalue weighted by Gasteiger charge is 2.13. The van der Waals surface area contributed by atoms with Gasteiger partial charge in [-0.2, -0.15) is 0 Å². The summed E-state index contributed by atoms with van der Waals surface area (Å²) >= 11 is 0. The van der Waals surface area contributed by atoms with Crippen molar-refractivity contribution in [2.75, 3.05) is 6.61 Å². The first-order valence-electron chi connectivity index (χ1n) is 7.80. The zero-order chi connectivity index (χ0) is 15.5. The summed E-state index contributed by atoms with van der Waals surface area (Å²) in [5, 5.41) is 0. The van der Waals surface area contributed by atoms with Crippen molar-refractivity contribution in [1.82, 2.24) is 9.55 Å². The third kappa shape index (κ3) is 2.98. The number of aryl methyl sites for hydroxylation is 1. The first kappa shape index (κ1) is 14.6. The molecule has 0 unspecified atom stereocenters. The first-order valence-corrected chi connectivity index (χ1v) is 7.80. The van der Waals surface area contributed by atoms with E-state index in [1.165, 1.54) is 11.1 Å². The van der Waals surface area contributed by atoms with Crippen LogP contribution in [-0.2, 0) is 6.54 Å². The Morgan fingerprint density at radius 2 is 1.77 bits per heavy atom. The minimum Gasteiger partial charge on any atom is -0.492 e. The fourth-order valence-corrected chi connectivity index (χ4v) is 2.66. The van der Waals surface area contributed by atoms with Crippen LogP contribution in [0.3, 0.4) is 0 Å². The molecule has 0 aliphatic carbocycles. The molecule has 0 aliphatic rings. The van der Waals surface area contributed by atoms with Gasteiger partial charge in [0.25, 0.3) is 0 Å². The van der Waals surface area contributed by atoms with Gasteiger partial charge in [-0.15, -0.1) is 0 Å². The second-order valence-electron chi connectivity index (χ2n) is 5.93. The lowest BCUT2D eigenvalue weighted by molar-refractivity contribution is 0.297. The van der Waals surface area contributed by atoms with Crippen molar-refractivity contribution in [2.45, 2.75) is 33.2 Å². The number of benzene rings is 2. The van der Waals surface area contributed by atoms with Gasteiger partial charge in [-0.3, -0.25) is 0 Å². The Kier molecular flexibility index (Phi) is 4.14. The third-order valence-corrected chi connectivity index (χ3v) is 3.81. The van der Waals surface area contributed by atoms with Gasteiger partial charge in [0.15, 0.2) is 0 Å². The summed E-state index contributed by atoms with van der Waals surface area (Å²) in [6, 6.07) is 16.5. The lowest BCUT2D eigenvalue weighted by Crippen LogP contribution is -2.12. The van der Waals surface area contributed by atoms with E-state index in [0.29, 0.717) is 12.5 Å². The third-order valence-electron chi connectivity index (χ3n) is 3.81. The molecule has 3 rings (SSSR count). The Bertz CT molecular complexity index is 757. The van der Waals surface area contributed by atoms with Gasteiger partial charge in [-0.1, -0.05) is 43.7 Å². The molecule has 114 valence electrons. The van der Waals surface area contributed by atoms with Gasteiger partial charge in [-0.25, -0.2) is 4.98 Å². The van der Waals surface area contributed by atoms with Crippen LogP contribution < -0.4 is 4.74 Å². The van der Waals surface area contributed by atoms with Gasteiger partial charge in [0.2, 0.25) is 0 Å². The largest absolute Gasteiger partial charge is 0.492 e. The van der Waals surface area contributed by atoms with Crippen LogP contribution in [-0.4, -0.2) is 16.2 Å². The highest BCUT2D eigenvalue weighted by Crippen LogP contribution is 2.21. The summed E-state index contributed by atoms with van der Waals surface area (Å²) in [4.78, 5) is 4.76. The van der Waals surface area contributed by atoms with Gasteiger partial charge in [0.1, 0.15) is 18.2 Å². The van der Waals surface area contributed by atoms with Crippen molar-refractivity contribution in [3.63, 3.8) is 0 Å². The fourth-order valence-electron chi connectivity index (χ4n) is 2.66. The van der Waals surface area contributed by atoms with Crippen molar-refractivity contribution in [3.05, 3.63) is 59.9 Å². The molecule has 0 radical (unpaired) electrons. The van der Waals surface area contributed by atoms with Crippen LogP contribution >= 0.6 is 0 Å². The minimum absolute atomic E-state index is 0.395. The van der Waals surface area contributed by atoms with Crippen molar-refractivity contribution in [2.24, 2.45) is 0 Å². The molecule has 3 nitrogen and oxygen atoms in total. The number of hydrogen-bond donors (Lipinski definition) is 0. The van der Waals surface area contributed by atoms with Crippen molar-refractivity contribution in [3.8, 4) is 5.75 Å². The molecule has 0 bridgehead atoms. The van der Waals surface area contributed by atoms with E-state index in [4.69, 9.17) is 9.72 Å². The van der Waals surface area contributed by atoms with Crippen molar-refractivity contribution in [1.29, 1.82) is 0 Å². The smallest absolute Gasteiger partial charge is 0.119 e. The number of nitrogens with zero attached hydrogens (tertiary/aromatic N) is 2. The van der Waals surface area contributed by atoms with Gasteiger partial charge in [-0.05, 0) is 31.2 Å². The number of para-hydroxylation sites is 2. The second-order valence-corrected chi connectivity index (χ2v) is 5.93. The molecule has 2 aromatic carbocycles. The maximum Gasteiger partial charge on any atom is 0.119 e. The van der Waals surface area contributed by atoms with E-state index in [1.54, 1.807) is 0 Å². The summed E-state index contributed by atoms with van der Waals surface area (Å²) < 4.78 is 8.14. The summed E-state index contributed by atoms with van der Waals surface area (Å²) in [5.41, 5.74) is 3.48. The summed E-state index contributed by atoms with van der Waals surface area (Å²) in [6.07, 6.45) is 0. The number of aromatic nitrogens is 2. The molecule has 1 aromatic heterocycles. The maximum atomic E-state index is 5.87. The van der Waals surface area contributed by atoms with E-state index < -0.39 is 0 Å². The highest BCUT2D eigenvalue weighted by molar-refractivity contribution is 5.76. The van der Waals surface area contributed by atoms with Crippen LogP contribution in [0.4, 0.5) is 0 Å². The predicted octanol–water partition coefficient (Wildman–Crippen LogP) is 4.55. The van der Waals surface area contributed by atoms with E-state index in [-0.39, 0.29) is 0 Å². The average Bonchev–Trinajstić information content (AvgIpc) is 2.89. The summed E-state index contributed by atoms with van der Waals surface area (Å²) in [6.45, 7) is 7.89. The number of imidazole rings is 1. The Morgan fingerprint density at radius 1 is 1.05 bits per heavy atom. The van der Waals surface area contributed by atoms with Crippen molar-refractivity contribution >= 4 is 11.0 Å². The first-order chi connectivity index (χ1) is 10.6. The highest BCUT2D eigenvalue weighted by atomic mass is 16.5. The number of hydrogen-bond acceptors (Lipinski definition) is 2. The standard InChI is InChI=1S/C19H22N2O/c1-14(2)19-20-17-6-4-5-7-18(17)21(19)12-13-22-16-10-8-15(3)9-11-16/h4-11,14H,12-13H2,1-3H3. The molecular weight excluding hydrogens is 272 g/mol. The van der Waals surface area contributed by atoms with Gasteiger partial charge < -0.3 is 9.30 Å². The predicted molar refractivity (Wildman–Crippen MR) is 90.5 cm³/mol. The minimum atomic E-state index is 0.395.